The van der Waals surface area contributed by atoms with Crippen LogP contribution >= 0.6 is 0 Å². The van der Waals surface area contributed by atoms with Crippen LogP contribution in [-0.2, 0) is 22.7 Å². The second-order valence-electron chi connectivity index (χ2n) is 6.17. The summed E-state index contributed by atoms with van der Waals surface area (Å²) in [5, 5.41) is 14.8. The molecule has 2 aromatic rings. The van der Waals surface area contributed by atoms with Crippen LogP contribution in [0, 0.1) is 6.92 Å². The van der Waals surface area contributed by atoms with Gasteiger partial charge in [0.1, 0.15) is 5.76 Å². The first kappa shape index (κ1) is 19.7. The molecule has 1 aliphatic rings. The highest BCUT2D eigenvalue weighted by molar-refractivity contribution is 6.27. The molecule has 1 aromatic heterocycles. The fourth-order valence-corrected chi connectivity index (χ4v) is 2.76. The van der Waals surface area contributed by atoms with Crippen molar-refractivity contribution in [2.24, 2.45) is 0 Å². The number of nitrogens with zero attached hydrogens (tertiary/aromatic N) is 2. The maximum absolute atomic E-state index is 9.10. The minimum atomic E-state index is -1.82. The summed E-state index contributed by atoms with van der Waals surface area (Å²) >= 11 is 0. The monoisotopic (exact) mass is 360 g/mol. The molecule has 1 saturated heterocycles. The highest BCUT2D eigenvalue weighted by atomic mass is 16.4. The van der Waals surface area contributed by atoms with E-state index in [4.69, 9.17) is 24.2 Å². The molecule has 2 heterocycles. The molecule has 7 heteroatoms. The molecule has 0 spiro atoms. The first-order chi connectivity index (χ1) is 12.5. The van der Waals surface area contributed by atoms with E-state index in [-0.39, 0.29) is 0 Å². The summed E-state index contributed by atoms with van der Waals surface area (Å²) in [5.41, 5.74) is 2.84. The zero-order valence-corrected chi connectivity index (χ0v) is 14.8. The lowest BCUT2D eigenvalue weighted by molar-refractivity contribution is -0.159. The van der Waals surface area contributed by atoms with Crippen LogP contribution in [0.3, 0.4) is 0 Å². The van der Waals surface area contributed by atoms with Crippen molar-refractivity contribution in [2.75, 3.05) is 26.2 Å². The molecule has 1 aliphatic heterocycles. The van der Waals surface area contributed by atoms with Crippen LogP contribution in [0.5, 0.6) is 0 Å². The van der Waals surface area contributed by atoms with Gasteiger partial charge in [-0.25, -0.2) is 9.59 Å². The molecule has 0 bridgehead atoms. The summed E-state index contributed by atoms with van der Waals surface area (Å²) in [6.45, 7) is 8.71. The number of carbonyl (C=O) groups is 2. The quantitative estimate of drug-likeness (QED) is 0.806. The van der Waals surface area contributed by atoms with Crippen molar-refractivity contribution in [3.05, 3.63) is 59.5 Å². The summed E-state index contributed by atoms with van der Waals surface area (Å²) in [4.78, 5) is 23.2. The fraction of sp³-hybridized carbons (Fsp3) is 0.368. The molecule has 0 amide bonds. The van der Waals surface area contributed by atoms with Gasteiger partial charge in [-0.05, 0) is 30.2 Å². The number of benzene rings is 1. The second kappa shape index (κ2) is 9.74. The lowest BCUT2D eigenvalue weighted by Crippen LogP contribution is -2.45. The molecule has 0 saturated carbocycles. The lowest BCUT2D eigenvalue weighted by atomic mass is 10.1. The minimum Gasteiger partial charge on any atom is -0.473 e. The summed E-state index contributed by atoms with van der Waals surface area (Å²) < 4.78 is 5.42. The van der Waals surface area contributed by atoms with Crippen LogP contribution in [0.15, 0.2) is 47.1 Å². The Kier molecular flexibility index (Phi) is 7.37. The third-order valence-electron chi connectivity index (χ3n) is 4.26. The van der Waals surface area contributed by atoms with E-state index in [1.807, 2.05) is 6.07 Å². The Morgan fingerprint density at radius 2 is 1.50 bits per heavy atom. The molecule has 0 atom stereocenters. The largest absolute Gasteiger partial charge is 0.473 e. The van der Waals surface area contributed by atoms with Gasteiger partial charge in [-0.1, -0.05) is 24.3 Å². The predicted octanol–water partition coefficient (Wildman–Crippen LogP) is 2.06. The maximum Gasteiger partial charge on any atom is 0.414 e. The first-order valence-electron chi connectivity index (χ1n) is 8.43. The van der Waals surface area contributed by atoms with Gasteiger partial charge in [0.05, 0.1) is 12.8 Å². The summed E-state index contributed by atoms with van der Waals surface area (Å²) in [7, 11) is 0. The van der Waals surface area contributed by atoms with E-state index >= 15 is 0 Å². The van der Waals surface area contributed by atoms with E-state index in [0.717, 1.165) is 45.0 Å². The number of aryl methyl sites for hydroxylation is 1. The third-order valence-corrected chi connectivity index (χ3v) is 4.26. The Morgan fingerprint density at radius 1 is 0.923 bits per heavy atom. The number of carboxylic acids is 2. The average molecular weight is 360 g/mol. The molecule has 0 unspecified atom stereocenters. The van der Waals surface area contributed by atoms with Gasteiger partial charge >= 0.3 is 11.9 Å². The normalized spacial score (nSPS) is 15.1. The van der Waals surface area contributed by atoms with Gasteiger partial charge in [0, 0.05) is 32.7 Å². The van der Waals surface area contributed by atoms with E-state index < -0.39 is 11.9 Å². The third kappa shape index (κ3) is 6.34. The molecule has 1 fully saturated rings. The number of piperazine rings is 1. The molecule has 7 nitrogen and oxygen atoms in total. The van der Waals surface area contributed by atoms with Crippen LogP contribution in [0.1, 0.15) is 16.9 Å². The number of carboxylic acid groups (broad SMARTS) is 2. The Bertz CT molecular complexity index is 694. The van der Waals surface area contributed by atoms with E-state index in [1.165, 1.54) is 11.1 Å². The highest BCUT2D eigenvalue weighted by Crippen LogP contribution is 2.14. The van der Waals surface area contributed by atoms with Crippen LogP contribution in [0.2, 0.25) is 0 Å². The van der Waals surface area contributed by atoms with Crippen molar-refractivity contribution in [3.63, 3.8) is 0 Å². The van der Waals surface area contributed by atoms with Crippen LogP contribution < -0.4 is 0 Å². The first-order valence-corrected chi connectivity index (χ1v) is 8.43. The second-order valence-corrected chi connectivity index (χ2v) is 6.17. The van der Waals surface area contributed by atoms with Crippen molar-refractivity contribution in [2.45, 2.75) is 20.0 Å². The van der Waals surface area contributed by atoms with Crippen molar-refractivity contribution in [3.8, 4) is 0 Å². The molecule has 2 N–H and O–H groups in total. The number of hydrogen-bond donors (Lipinski definition) is 2. The standard InChI is InChI=1S/C17H22N2O.C2H2O4/c1-15-5-2-3-6-16(15)13-18-8-10-19(11-9-18)14-17-7-4-12-20-17;3-1(4)2(5)6/h2-7,12H,8-11,13-14H2,1H3;(H,3,4)(H,5,6). The molecule has 26 heavy (non-hydrogen) atoms. The molecular weight excluding hydrogens is 336 g/mol. The van der Waals surface area contributed by atoms with Crippen molar-refractivity contribution >= 4 is 11.9 Å². The van der Waals surface area contributed by atoms with Gasteiger partial charge in [0.25, 0.3) is 0 Å². The van der Waals surface area contributed by atoms with Crippen LogP contribution in [0.25, 0.3) is 0 Å². The highest BCUT2D eigenvalue weighted by Gasteiger charge is 2.18. The lowest BCUT2D eigenvalue weighted by Gasteiger charge is -2.34. The molecule has 0 aliphatic carbocycles. The topological polar surface area (TPSA) is 94.2 Å². The Balaban J connectivity index is 0.000000352. The molecular formula is C19H24N2O5. The van der Waals surface area contributed by atoms with Crippen LogP contribution in [0.4, 0.5) is 0 Å². The smallest absolute Gasteiger partial charge is 0.414 e. The van der Waals surface area contributed by atoms with Gasteiger partial charge in [-0.2, -0.15) is 0 Å². The van der Waals surface area contributed by atoms with E-state index in [0.29, 0.717) is 0 Å². The van der Waals surface area contributed by atoms with Crippen molar-refractivity contribution in [1.82, 2.24) is 9.80 Å². The Labute approximate surface area is 152 Å². The van der Waals surface area contributed by atoms with E-state index in [9.17, 15) is 0 Å². The maximum atomic E-state index is 9.10. The van der Waals surface area contributed by atoms with Crippen molar-refractivity contribution in [1.29, 1.82) is 0 Å². The minimum absolute atomic E-state index is 0.936. The Hall–Kier alpha value is -2.64. The molecule has 1 aromatic carbocycles. The molecule has 0 radical (unpaired) electrons. The summed E-state index contributed by atoms with van der Waals surface area (Å²) in [6.07, 6.45) is 1.75. The number of aliphatic carboxylic acids is 2. The zero-order valence-electron chi connectivity index (χ0n) is 14.8. The van der Waals surface area contributed by atoms with Gasteiger partial charge < -0.3 is 14.6 Å². The van der Waals surface area contributed by atoms with Crippen molar-refractivity contribution < 1.29 is 24.2 Å². The number of rotatable bonds is 4. The number of furan rings is 1. The summed E-state index contributed by atoms with van der Waals surface area (Å²) in [6, 6.07) is 12.7. The van der Waals surface area contributed by atoms with Gasteiger partial charge in [0.2, 0.25) is 0 Å². The zero-order chi connectivity index (χ0) is 18.9. The predicted molar refractivity (Wildman–Crippen MR) is 95.7 cm³/mol. The molecule has 140 valence electrons. The average Bonchev–Trinajstić information content (AvgIpc) is 3.12. The molecule has 3 rings (SSSR count). The van der Waals surface area contributed by atoms with Gasteiger partial charge in [-0.15, -0.1) is 0 Å². The summed E-state index contributed by atoms with van der Waals surface area (Å²) in [5.74, 6) is -2.58. The van der Waals surface area contributed by atoms with E-state index in [1.54, 1.807) is 6.26 Å². The van der Waals surface area contributed by atoms with E-state index in [2.05, 4.69) is 47.1 Å². The Morgan fingerprint density at radius 3 is 2.00 bits per heavy atom. The fourth-order valence-electron chi connectivity index (χ4n) is 2.76. The SMILES string of the molecule is Cc1ccccc1CN1CCN(Cc2ccco2)CC1.O=C(O)C(=O)O. The number of hydrogen-bond acceptors (Lipinski definition) is 5. The van der Waals surface area contributed by atoms with Gasteiger partial charge in [-0.3, -0.25) is 9.80 Å². The van der Waals surface area contributed by atoms with Crippen LogP contribution in [-0.4, -0.2) is 58.1 Å². The van der Waals surface area contributed by atoms with Gasteiger partial charge in [0.15, 0.2) is 0 Å².